The van der Waals surface area contributed by atoms with Crippen molar-refractivity contribution in [3.63, 3.8) is 0 Å². The first-order valence-corrected chi connectivity index (χ1v) is 6.08. The summed E-state index contributed by atoms with van der Waals surface area (Å²) in [5, 5.41) is 0. The molecule has 0 spiro atoms. The zero-order valence-electron chi connectivity index (χ0n) is 11.3. The van der Waals surface area contributed by atoms with Crippen molar-refractivity contribution in [1.82, 2.24) is 0 Å². The van der Waals surface area contributed by atoms with Crippen LogP contribution in [0.4, 0.5) is 0 Å². The largest absolute Gasteiger partial charge is 0.467 e. The van der Waals surface area contributed by atoms with Crippen LogP contribution in [0.2, 0.25) is 0 Å². The van der Waals surface area contributed by atoms with Crippen LogP contribution in [0.25, 0.3) is 0 Å². The smallest absolute Gasteiger partial charge is 0.337 e. The number of benzene rings is 1. The first kappa shape index (κ1) is 15.6. The summed E-state index contributed by atoms with van der Waals surface area (Å²) in [7, 11) is 2.76. The third-order valence-corrected chi connectivity index (χ3v) is 2.50. The number of hydrogen-bond acceptors (Lipinski definition) is 5. The van der Waals surface area contributed by atoms with E-state index in [-0.39, 0.29) is 6.61 Å². The Hall–Kier alpha value is -1.43. The zero-order chi connectivity index (χ0) is 13.9. The highest BCUT2D eigenvalue weighted by Gasteiger charge is 2.17. The van der Waals surface area contributed by atoms with Crippen LogP contribution in [0.1, 0.15) is 5.56 Å². The van der Waals surface area contributed by atoms with Crippen LogP contribution >= 0.6 is 0 Å². The van der Waals surface area contributed by atoms with Crippen LogP contribution in [0, 0.1) is 0 Å². The summed E-state index contributed by atoms with van der Waals surface area (Å²) < 4.78 is 20.2. The SMILES string of the molecule is COC(=O)C(COCCOCc1ccccc1)OC. The van der Waals surface area contributed by atoms with Crippen molar-refractivity contribution in [3.8, 4) is 0 Å². The van der Waals surface area contributed by atoms with Gasteiger partial charge < -0.3 is 18.9 Å². The van der Waals surface area contributed by atoms with E-state index in [0.29, 0.717) is 19.8 Å². The first-order chi connectivity index (χ1) is 9.27. The number of esters is 1. The summed E-state index contributed by atoms with van der Waals surface area (Å²) in [5.74, 6) is -0.437. The van der Waals surface area contributed by atoms with Gasteiger partial charge in [-0.1, -0.05) is 30.3 Å². The maximum atomic E-state index is 11.2. The van der Waals surface area contributed by atoms with Crippen molar-refractivity contribution >= 4 is 5.97 Å². The topological polar surface area (TPSA) is 54.0 Å². The highest BCUT2D eigenvalue weighted by atomic mass is 16.6. The molecule has 1 aromatic rings. The standard InChI is InChI=1S/C14H20O5/c1-16-13(14(15)17-2)11-19-9-8-18-10-12-6-4-3-5-7-12/h3-7,13H,8-11H2,1-2H3. The lowest BCUT2D eigenvalue weighted by Gasteiger charge is -2.13. The molecule has 0 amide bonds. The summed E-state index contributed by atoms with van der Waals surface area (Å²) in [4.78, 5) is 11.2. The molecule has 0 saturated heterocycles. The molecule has 0 bridgehead atoms. The molecule has 1 rings (SSSR count). The molecular formula is C14H20O5. The van der Waals surface area contributed by atoms with Gasteiger partial charge in [-0.15, -0.1) is 0 Å². The summed E-state index contributed by atoms with van der Waals surface area (Å²) >= 11 is 0. The Morgan fingerprint density at radius 1 is 1.11 bits per heavy atom. The number of rotatable bonds is 9. The maximum Gasteiger partial charge on any atom is 0.337 e. The minimum absolute atomic E-state index is 0.165. The normalized spacial score (nSPS) is 12.1. The number of methoxy groups -OCH3 is 2. The predicted octanol–water partition coefficient (Wildman–Crippen LogP) is 1.41. The van der Waals surface area contributed by atoms with Crippen LogP contribution < -0.4 is 0 Å². The lowest BCUT2D eigenvalue weighted by Crippen LogP contribution is -2.30. The molecule has 0 radical (unpaired) electrons. The molecule has 0 aliphatic heterocycles. The van der Waals surface area contributed by atoms with E-state index in [9.17, 15) is 4.79 Å². The number of hydrogen-bond donors (Lipinski definition) is 0. The van der Waals surface area contributed by atoms with Crippen LogP contribution in [0.15, 0.2) is 30.3 Å². The number of ether oxygens (including phenoxy) is 4. The van der Waals surface area contributed by atoms with Gasteiger partial charge in [-0.2, -0.15) is 0 Å². The quantitative estimate of drug-likeness (QED) is 0.500. The van der Waals surface area contributed by atoms with Crippen LogP contribution in [-0.2, 0) is 30.3 Å². The second-order valence-electron chi connectivity index (χ2n) is 3.86. The Labute approximate surface area is 113 Å². The van der Waals surface area contributed by atoms with Crippen molar-refractivity contribution in [2.75, 3.05) is 34.0 Å². The molecule has 19 heavy (non-hydrogen) atoms. The molecule has 0 fully saturated rings. The lowest BCUT2D eigenvalue weighted by molar-refractivity contribution is -0.156. The van der Waals surface area contributed by atoms with Gasteiger partial charge in [0.25, 0.3) is 0 Å². The number of carbonyl (C=O) groups excluding carboxylic acids is 1. The summed E-state index contributed by atoms with van der Waals surface area (Å²) in [6, 6.07) is 9.89. The molecule has 1 aromatic carbocycles. The molecule has 0 aromatic heterocycles. The second kappa shape index (κ2) is 9.49. The Kier molecular flexibility index (Phi) is 7.81. The molecule has 0 N–H and O–H groups in total. The van der Waals surface area contributed by atoms with Crippen molar-refractivity contribution < 1.29 is 23.7 Å². The van der Waals surface area contributed by atoms with E-state index in [1.165, 1.54) is 14.2 Å². The van der Waals surface area contributed by atoms with E-state index in [4.69, 9.17) is 14.2 Å². The van der Waals surface area contributed by atoms with Gasteiger partial charge >= 0.3 is 5.97 Å². The minimum Gasteiger partial charge on any atom is -0.467 e. The zero-order valence-corrected chi connectivity index (χ0v) is 11.3. The van der Waals surface area contributed by atoms with Gasteiger partial charge in [-0.3, -0.25) is 0 Å². The molecule has 0 heterocycles. The van der Waals surface area contributed by atoms with Crippen LogP contribution in [0.5, 0.6) is 0 Å². The van der Waals surface area contributed by atoms with E-state index in [1.54, 1.807) is 0 Å². The molecule has 1 unspecified atom stereocenters. The fraction of sp³-hybridized carbons (Fsp3) is 0.500. The van der Waals surface area contributed by atoms with E-state index in [1.807, 2.05) is 30.3 Å². The van der Waals surface area contributed by atoms with E-state index < -0.39 is 12.1 Å². The average molecular weight is 268 g/mol. The molecule has 0 saturated carbocycles. The molecule has 1 atom stereocenters. The van der Waals surface area contributed by atoms with Crippen LogP contribution in [-0.4, -0.2) is 46.1 Å². The van der Waals surface area contributed by atoms with Gasteiger partial charge in [0.05, 0.1) is 33.5 Å². The van der Waals surface area contributed by atoms with Gasteiger partial charge in [-0.05, 0) is 5.56 Å². The number of carbonyl (C=O) groups is 1. The summed E-state index contributed by atoms with van der Waals surface area (Å²) in [5.41, 5.74) is 1.12. The Bertz CT molecular complexity index is 352. The van der Waals surface area contributed by atoms with Gasteiger partial charge in [-0.25, -0.2) is 4.79 Å². The Balaban J connectivity index is 2.06. The second-order valence-corrected chi connectivity index (χ2v) is 3.86. The molecule has 5 heteroatoms. The van der Waals surface area contributed by atoms with Crippen molar-refractivity contribution in [2.45, 2.75) is 12.7 Å². The minimum atomic E-state index is -0.681. The van der Waals surface area contributed by atoms with E-state index in [0.717, 1.165) is 5.56 Å². The van der Waals surface area contributed by atoms with Gasteiger partial charge in [0.2, 0.25) is 0 Å². The maximum absolute atomic E-state index is 11.2. The highest BCUT2D eigenvalue weighted by Crippen LogP contribution is 2.00. The van der Waals surface area contributed by atoms with Gasteiger partial charge in [0.1, 0.15) is 0 Å². The summed E-state index contributed by atoms with van der Waals surface area (Å²) in [6.07, 6.45) is -0.681. The van der Waals surface area contributed by atoms with Gasteiger partial charge in [0, 0.05) is 7.11 Å². The first-order valence-electron chi connectivity index (χ1n) is 6.08. The third-order valence-electron chi connectivity index (χ3n) is 2.50. The van der Waals surface area contributed by atoms with Crippen molar-refractivity contribution in [2.24, 2.45) is 0 Å². The molecule has 0 aliphatic carbocycles. The Morgan fingerprint density at radius 2 is 1.79 bits per heavy atom. The molecular weight excluding hydrogens is 248 g/mol. The van der Waals surface area contributed by atoms with Crippen molar-refractivity contribution in [3.05, 3.63) is 35.9 Å². The predicted molar refractivity (Wildman–Crippen MR) is 69.7 cm³/mol. The van der Waals surface area contributed by atoms with E-state index in [2.05, 4.69) is 4.74 Å². The third kappa shape index (κ3) is 6.33. The van der Waals surface area contributed by atoms with E-state index >= 15 is 0 Å². The average Bonchev–Trinajstić information content (AvgIpc) is 2.47. The highest BCUT2D eigenvalue weighted by molar-refractivity contribution is 5.74. The molecule has 5 nitrogen and oxygen atoms in total. The van der Waals surface area contributed by atoms with Crippen molar-refractivity contribution in [1.29, 1.82) is 0 Å². The summed E-state index contributed by atoms with van der Waals surface area (Å²) in [6.45, 7) is 1.59. The lowest BCUT2D eigenvalue weighted by atomic mass is 10.2. The Morgan fingerprint density at radius 3 is 2.42 bits per heavy atom. The fourth-order valence-electron chi connectivity index (χ4n) is 1.44. The molecule has 0 aliphatic rings. The van der Waals surface area contributed by atoms with Gasteiger partial charge in [0.15, 0.2) is 6.10 Å². The monoisotopic (exact) mass is 268 g/mol. The molecule has 106 valence electrons. The fourth-order valence-corrected chi connectivity index (χ4v) is 1.44. The van der Waals surface area contributed by atoms with Crippen LogP contribution in [0.3, 0.4) is 0 Å².